The van der Waals surface area contributed by atoms with Crippen molar-refractivity contribution in [3.63, 3.8) is 0 Å². The van der Waals surface area contributed by atoms with Crippen LogP contribution in [0.25, 0.3) is 11.5 Å². The molecule has 20 heavy (non-hydrogen) atoms. The number of ether oxygens (including phenoxy) is 1. The van der Waals surface area contributed by atoms with Crippen LogP contribution in [-0.2, 0) is 6.42 Å². The second-order valence-corrected chi connectivity index (χ2v) is 5.19. The van der Waals surface area contributed by atoms with Crippen molar-refractivity contribution in [3.8, 4) is 17.2 Å². The predicted octanol–water partition coefficient (Wildman–Crippen LogP) is 2.98. The number of benzene rings is 1. The number of hydrogen-bond donors (Lipinski definition) is 1. The van der Waals surface area contributed by atoms with E-state index in [1.165, 1.54) is 11.3 Å². The molecule has 0 fully saturated rings. The summed E-state index contributed by atoms with van der Waals surface area (Å²) in [4.78, 5) is 4.37. The van der Waals surface area contributed by atoms with Gasteiger partial charge in [0, 0.05) is 6.42 Å². The van der Waals surface area contributed by atoms with Crippen molar-refractivity contribution in [3.05, 3.63) is 47.1 Å². The molecule has 0 unspecified atom stereocenters. The second-order valence-electron chi connectivity index (χ2n) is 4.24. The van der Waals surface area contributed by atoms with E-state index in [2.05, 4.69) is 10.1 Å². The van der Waals surface area contributed by atoms with Gasteiger partial charge in [-0.3, -0.25) is 0 Å². The van der Waals surface area contributed by atoms with Crippen LogP contribution in [0.15, 0.2) is 40.2 Å². The van der Waals surface area contributed by atoms with E-state index in [4.69, 9.17) is 15.0 Å². The Hall–Kier alpha value is -2.34. The van der Waals surface area contributed by atoms with E-state index in [1.54, 1.807) is 7.11 Å². The Bertz CT molecular complexity index is 721. The van der Waals surface area contributed by atoms with E-state index in [0.717, 1.165) is 16.9 Å². The number of anilines is 1. The summed E-state index contributed by atoms with van der Waals surface area (Å²) in [6.07, 6.45) is 0.588. The van der Waals surface area contributed by atoms with Gasteiger partial charge < -0.3 is 15.0 Å². The van der Waals surface area contributed by atoms with E-state index in [0.29, 0.717) is 23.1 Å². The molecule has 2 N–H and O–H groups in total. The fraction of sp³-hybridized carbons (Fsp3) is 0.143. The summed E-state index contributed by atoms with van der Waals surface area (Å²) in [5.74, 6) is 1.90. The molecule has 0 amide bonds. The molecule has 0 atom stereocenters. The van der Waals surface area contributed by atoms with Crippen LogP contribution in [0.3, 0.4) is 0 Å². The Morgan fingerprint density at radius 2 is 2.25 bits per heavy atom. The van der Waals surface area contributed by atoms with Crippen LogP contribution < -0.4 is 10.5 Å². The van der Waals surface area contributed by atoms with Crippen molar-refractivity contribution in [1.82, 2.24) is 10.1 Å². The number of aromatic nitrogens is 2. The van der Waals surface area contributed by atoms with E-state index < -0.39 is 0 Å². The van der Waals surface area contributed by atoms with Gasteiger partial charge in [-0.1, -0.05) is 17.3 Å². The van der Waals surface area contributed by atoms with Crippen LogP contribution >= 0.6 is 11.3 Å². The van der Waals surface area contributed by atoms with Crippen molar-refractivity contribution >= 4 is 16.3 Å². The maximum atomic E-state index is 5.85. The number of thiophene rings is 1. The van der Waals surface area contributed by atoms with Crippen LogP contribution in [0.1, 0.15) is 11.4 Å². The Labute approximate surface area is 120 Å². The Kier molecular flexibility index (Phi) is 3.39. The molecule has 0 aliphatic heterocycles. The lowest BCUT2D eigenvalue weighted by Crippen LogP contribution is -1.92. The van der Waals surface area contributed by atoms with Gasteiger partial charge >= 0.3 is 0 Å². The van der Waals surface area contributed by atoms with Gasteiger partial charge in [0.05, 0.1) is 17.7 Å². The third-order valence-corrected chi connectivity index (χ3v) is 3.64. The quantitative estimate of drug-likeness (QED) is 0.798. The average Bonchev–Trinajstić information content (AvgIpc) is 3.08. The molecule has 1 aromatic carbocycles. The minimum absolute atomic E-state index is 0.460. The minimum Gasteiger partial charge on any atom is -0.497 e. The summed E-state index contributed by atoms with van der Waals surface area (Å²) < 4.78 is 10.4. The van der Waals surface area contributed by atoms with Crippen LogP contribution in [0, 0.1) is 0 Å². The van der Waals surface area contributed by atoms with Crippen LogP contribution in [0.2, 0.25) is 0 Å². The van der Waals surface area contributed by atoms with Crippen molar-refractivity contribution < 1.29 is 9.26 Å². The van der Waals surface area contributed by atoms with Gasteiger partial charge in [0.25, 0.3) is 5.89 Å². The van der Waals surface area contributed by atoms with Crippen molar-refractivity contribution in [2.75, 3.05) is 12.8 Å². The fourth-order valence-electron chi connectivity index (χ4n) is 1.90. The zero-order valence-corrected chi connectivity index (χ0v) is 11.7. The van der Waals surface area contributed by atoms with E-state index in [9.17, 15) is 0 Å². The molecule has 2 aromatic heterocycles. The highest BCUT2D eigenvalue weighted by Crippen LogP contribution is 2.29. The number of hydrogen-bond acceptors (Lipinski definition) is 6. The summed E-state index contributed by atoms with van der Waals surface area (Å²) in [5, 5.41) is 6.57. The summed E-state index contributed by atoms with van der Waals surface area (Å²) in [6, 6.07) is 9.67. The minimum atomic E-state index is 0.460. The van der Waals surface area contributed by atoms with Crippen LogP contribution in [-0.4, -0.2) is 17.3 Å². The summed E-state index contributed by atoms with van der Waals surface area (Å²) in [5.41, 5.74) is 7.70. The highest BCUT2D eigenvalue weighted by Gasteiger charge is 2.13. The largest absolute Gasteiger partial charge is 0.497 e. The second kappa shape index (κ2) is 5.34. The van der Waals surface area contributed by atoms with Crippen molar-refractivity contribution in [1.29, 1.82) is 0 Å². The Morgan fingerprint density at radius 3 is 3.00 bits per heavy atom. The third kappa shape index (κ3) is 2.50. The number of nitrogen functional groups attached to an aromatic ring is 1. The fourth-order valence-corrected chi connectivity index (χ4v) is 2.53. The molecule has 0 spiro atoms. The van der Waals surface area contributed by atoms with Crippen molar-refractivity contribution in [2.45, 2.75) is 6.42 Å². The number of nitrogens with two attached hydrogens (primary N) is 1. The highest BCUT2D eigenvalue weighted by atomic mass is 32.1. The normalized spacial score (nSPS) is 10.7. The van der Waals surface area contributed by atoms with Crippen molar-refractivity contribution in [2.24, 2.45) is 0 Å². The number of methoxy groups -OCH3 is 1. The van der Waals surface area contributed by atoms with E-state index >= 15 is 0 Å². The molecule has 0 saturated heterocycles. The van der Waals surface area contributed by atoms with E-state index in [-0.39, 0.29) is 0 Å². The molecule has 5 nitrogen and oxygen atoms in total. The highest BCUT2D eigenvalue weighted by molar-refractivity contribution is 7.14. The maximum Gasteiger partial charge on any atom is 0.260 e. The monoisotopic (exact) mass is 287 g/mol. The van der Waals surface area contributed by atoms with Crippen LogP contribution in [0.4, 0.5) is 5.00 Å². The molecule has 0 radical (unpaired) electrons. The molecule has 0 bridgehead atoms. The molecular formula is C14H13N3O2S. The topological polar surface area (TPSA) is 74.2 Å². The molecule has 3 aromatic rings. The van der Waals surface area contributed by atoms with E-state index in [1.807, 2.05) is 35.7 Å². The molecule has 0 saturated carbocycles. The zero-order chi connectivity index (χ0) is 13.9. The molecule has 0 aliphatic carbocycles. The molecule has 102 valence electrons. The lowest BCUT2D eigenvalue weighted by molar-refractivity contribution is 0.414. The first-order valence-electron chi connectivity index (χ1n) is 6.05. The molecule has 3 rings (SSSR count). The van der Waals surface area contributed by atoms with Gasteiger partial charge in [0.1, 0.15) is 5.75 Å². The smallest absolute Gasteiger partial charge is 0.260 e. The summed E-state index contributed by atoms with van der Waals surface area (Å²) >= 11 is 1.45. The van der Waals surface area contributed by atoms with Crippen LogP contribution in [0.5, 0.6) is 5.75 Å². The summed E-state index contributed by atoms with van der Waals surface area (Å²) in [6.45, 7) is 0. The third-order valence-electron chi connectivity index (χ3n) is 2.89. The first-order valence-corrected chi connectivity index (χ1v) is 6.93. The van der Waals surface area contributed by atoms with Gasteiger partial charge in [0.2, 0.25) is 0 Å². The Balaban J connectivity index is 1.82. The molecule has 2 heterocycles. The molecule has 0 aliphatic rings. The average molecular weight is 287 g/mol. The first-order chi connectivity index (χ1) is 9.76. The lowest BCUT2D eigenvalue weighted by Gasteiger charge is -2.01. The lowest BCUT2D eigenvalue weighted by atomic mass is 10.1. The summed E-state index contributed by atoms with van der Waals surface area (Å²) in [7, 11) is 1.64. The SMILES string of the molecule is COc1cccc(Cc2noc(-c3ccsc3N)n2)c1. The standard InChI is InChI=1S/C14H13N3O2S/c1-18-10-4-2-3-9(7-10)8-12-16-14(19-17-12)11-5-6-20-13(11)15/h2-7H,8,15H2,1H3. The van der Waals surface area contributed by atoms with Gasteiger partial charge in [0.15, 0.2) is 5.82 Å². The number of nitrogens with zero attached hydrogens (tertiary/aromatic N) is 2. The predicted molar refractivity (Wildman–Crippen MR) is 77.8 cm³/mol. The Morgan fingerprint density at radius 1 is 1.35 bits per heavy atom. The van der Waals surface area contributed by atoms with Gasteiger partial charge in [-0.05, 0) is 29.1 Å². The van der Waals surface area contributed by atoms with Gasteiger partial charge in [-0.15, -0.1) is 11.3 Å². The molecule has 6 heteroatoms. The first kappa shape index (κ1) is 12.7. The van der Waals surface area contributed by atoms with Gasteiger partial charge in [-0.2, -0.15) is 4.98 Å². The maximum absolute atomic E-state index is 5.85. The zero-order valence-electron chi connectivity index (χ0n) is 10.9. The number of rotatable bonds is 4. The molecular weight excluding hydrogens is 274 g/mol. The van der Waals surface area contributed by atoms with Gasteiger partial charge in [-0.25, -0.2) is 0 Å².